The number of halogens is 1. The summed E-state index contributed by atoms with van der Waals surface area (Å²) in [5.74, 6) is 1.55. The number of benzene rings is 2. The summed E-state index contributed by atoms with van der Waals surface area (Å²) >= 11 is 3.71. The summed E-state index contributed by atoms with van der Waals surface area (Å²) < 4.78 is 9.03. The van der Waals surface area contributed by atoms with Crippen molar-refractivity contribution in [1.29, 1.82) is 0 Å². The molecule has 0 saturated carbocycles. The predicted octanol–water partition coefficient (Wildman–Crippen LogP) is 5.70. The third-order valence-corrected chi connectivity index (χ3v) is 6.27. The Bertz CT molecular complexity index is 1290. The summed E-state index contributed by atoms with van der Waals surface area (Å²) in [4.78, 5) is 17.4. The van der Waals surface area contributed by atoms with E-state index in [9.17, 15) is 4.79 Å². The molecule has 0 radical (unpaired) electrons. The van der Waals surface area contributed by atoms with Gasteiger partial charge in [0.1, 0.15) is 17.1 Å². The topological polar surface area (TPSA) is 86.1 Å². The SMILES string of the molecule is CCCc1nc(C)c(C(=O)NCC)n1Cc1ccc2oc(-c3ccccc3N)c(Br)c2c1. The van der Waals surface area contributed by atoms with Crippen LogP contribution in [-0.2, 0) is 13.0 Å². The molecule has 0 unspecified atom stereocenters. The van der Waals surface area contributed by atoms with E-state index in [2.05, 4.69) is 34.2 Å². The Morgan fingerprint density at radius 3 is 2.72 bits per heavy atom. The van der Waals surface area contributed by atoms with Crippen LogP contribution in [0.2, 0.25) is 0 Å². The summed E-state index contributed by atoms with van der Waals surface area (Å²) in [7, 11) is 0. The molecule has 2 aromatic carbocycles. The minimum Gasteiger partial charge on any atom is -0.455 e. The van der Waals surface area contributed by atoms with Crippen molar-refractivity contribution < 1.29 is 9.21 Å². The molecule has 4 aromatic rings. The first-order valence-corrected chi connectivity index (χ1v) is 11.6. The summed E-state index contributed by atoms with van der Waals surface area (Å²) in [6, 6.07) is 13.7. The van der Waals surface area contributed by atoms with Crippen LogP contribution in [0, 0.1) is 6.92 Å². The number of furan rings is 1. The van der Waals surface area contributed by atoms with Crippen molar-refractivity contribution in [2.75, 3.05) is 12.3 Å². The minimum atomic E-state index is -0.0905. The molecule has 166 valence electrons. The molecule has 0 fully saturated rings. The van der Waals surface area contributed by atoms with Gasteiger partial charge in [0.25, 0.3) is 5.91 Å². The predicted molar refractivity (Wildman–Crippen MR) is 132 cm³/mol. The van der Waals surface area contributed by atoms with Crippen molar-refractivity contribution >= 4 is 38.5 Å². The fourth-order valence-corrected chi connectivity index (χ4v) is 4.62. The number of carbonyl (C=O) groups excluding carboxylic acids is 1. The molecule has 0 aliphatic rings. The van der Waals surface area contributed by atoms with Gasteiger partial charge in [0.15, 0.2) is 5.76 Å². The van der Waals surface area contributed by atoms with E-state index in [1.165, 1.54) is 0 Å². The van der Waals surface area contributed by atoms with Gasteiger partial charge in [-0.05, 0) is 66.0 Å². The number of anilines is 1. The molecule has 2 heterocycles. The second-order valence-electron chi connectivity index (χ2n) is 7.82. The van der Waals surface area contributed by atoms with Gasteiger partial charge >= 0.3 is 0 Å². The number of para-hydroxylation sites is 1. The molecule has 1 amide bonds. The van der Waals surface area contributed by atoms with Gasteiger partial charge in [-0.25, -0.2) is 4.98 Å². The number of aryl methyl sites for hydroxylation is 2. The second-order valence-corrected chi connectivity index (χ2v) is 8.61. The second kappa shape index (κ2) is 9.20. The van der Waals surface area contributed by atoms with Crippen LogP contribution in [0.1, 0.15) is 47.8 Å². The average molecular weight is 495 g/mol. The number of imidazole rings is 1. The molecular formula is C25H27BrN4O2. The molecule has 0 saturated heterocycles. The monoisotopic (exact) mass is 494 g/mol. The lowest BCUT2D eigenvalue weighted by atomic mass is 10.1. The Morgan fingerprint density at radius 1 is 1.22 bits per heavy atom. The molecule has 6 nitrogen and oxygen atoms in total. The lowest BCUT2D eigenvalue weighted by molar-refractivity contribution is 0.0946. The number of hydrogen-bond donors (Lipinski definition) is 2. The van der Waals surface area contributed by atoms with E-state index in [-0.39, 0.29) is 5.91 Å². The van der Waals surface area contributed by atoms with E-state index >= 15 is 0 Å². The van der Waals surface area contributed by atoms with Gasteiger partial charge in [0, 0.05) is 36.1 Å². The highest BCUT2D eigenvalue weighted by Gasteiger charge is 2.21. The van der Waals surface area contributed by atoms with E-state index in [1.807, 2.05) is 54.8 Å². The maximum atomic E-state index is 12.7. The molecule has 7 heteroatoms. The van der Waals surface area contributed by atoms with Crippen LogP contribution in [0.4, 0.5) is 5.69 Å². The number of rotatable bonds is 7. The lowest BCUT2D eigenvalue weighted by Gasteiger charge is -2.12. The highest BCUT2D eigenvalue weighted by molar-refractivity contribution is 9.10. The fraction of sp³-hybridized carbons (Fsp3) is 0.280. The van der Waals surface area contributed by atoms with Crippen LogP contribution >= 0.6 is 15.9 Å². The van der Waals surface area contributed by atoms with Gasteiger partial charge < -0.3 is 20.0 Å². The Hall–Kier alpha value is -3.06. The van der Waals surface area contributed by atoms with Crippen molar-refractivity contribution in [3.8, 4) is 11.3 Å². The minimum absolute atomic E-state index is 0.0905. The van der Waals surface area contributed by atoms with Crippen molar-refractivity contribution in [2.45, 2.75) is 40.2 Å². The van der Waals surface area contributed by atoms with Crippen molar-refractivity contribution in [2.24, 2.45) is 0 Å². The maximum Gasteiger partial charge on any atom is 0.269 e. The Morgan fingerprint density at radius 2 is 2.00 bits per heavy atom. The smallest absolute Gasteiger partial charge is 0.269 e. The molecule has 0 spiro atoms. The quantitative estimate of drug-likeness (QED) is 0.322. The van der Waals surface area contributed by atoms with Gasteiger partial charge in [0.05, 0.1) is 10.2 Å². The van der Waals surface area contributed by atoms with Gasteiger partial charge in [-0.15, -0.1) is 0 Å². The molecule has 32 heavy (non-hydrogen) atoms. The molecule has 2 aromatic heterocycles. The maximum absolute atomic E-state index is 12.7. The normalized spacial score (nSPS) is 11.2. The third-order valence-electron chi connectivity index (χ3n) is 5.48. The average Bonchev–Trinajstić information content (AvgIpc) is 3.25. The Kier molecular flexibility index (Phi) is 6.37. The number of carbonyl (C=O) groups is 1. The van der Waals surface area contributed by atoms with Crippen LogP contribution in [-0.4, -0.2) is 22.0 Å². The number of nitrogen functional groups attached to an aromatic ring is 1. The summed E-state index contributed by atoms with van der Waals surface area (Å²) in [6.45, 7) is 7.06. The first kappa shape index (κ1) is 22.1. The number of nitrogens with one attached hydrogen (secondary N) is 1. The third kappa shape index (κ3) is 4.05. The summed E-state index contributed by atoms with van der Waals surface area (Å²) in [6.07, 6.45) is 1.77. The number of aromatic nitrogens is 2. The van der Waals surface area contributed by atoms with Crippen LogP contribution in [0.15, 0.2) is 51.4 Å². The first-order chi connectivity index (χ1) is 15.4. The lowest BCUT2D eigenvalue weighted by Crippen LogP contribution is -2.27. The van der Waals surface area contributed by atoms with Gasteiger partial charge in [0.2, 0.25) is 0 Å². The van der Waals surface area contributed by atoms with Gasteiger partial charge in [-0.2, -0.15) is 0 Å². The Labute approximate surface area is 195 Å². The largest absolute Gasteiger partial charge is 0.455 e. The first-order valence-electron chi connectivity index (χ1n) is 10.8. The van der Waals surface area contributed by atoms with E-state index in [1.54, 1.807) is 0 Å². The van der Waals surface area contributed by atoms with E-state index in [0.717, 1.165) is 50.9 Å². The Balaban J connectivity index is 1.76. The molecule has 0 aliphatic heterocycles. The molecular weight excluding hydrogens is 468 g/mol. The molecule has 4 rings (SSSR count). The molecule has 3 N–H and O–H groups in total. The summed E-state index contributed by atoms with van der Waals surface area (Å²) in [5.41, 5.74) is 10.9. The van der Waals surface area contributed by atoms with Gasteiger partial charge in [-0.1, -0.05) is 25.1 Å². The molecule has 0 bridgehead atoms. The zero-order chi connectivity index (χ0) is 22.8. The molecule has 0 atom stereocenters. The number of amides is 1. The zero-order valence-corrected chi connectivity index (χ0v) is 20.1. The standard InChI is InChI=1S/C25H27BrN4O2/c1-4-8-21-29-15(3)23(25(31)28-5-2)30(21)14-16-11-12-20-18(13-16)22(26)24(32-20)17-9-6-7-10-19(17)27/h6-7,9-13H,4-5,8,14,27H2,1-3H3,(H,28,31). The fourth-order valence-electron chi connectivity index (χ4n) is 4.02. The van der Waals surface area contributed by atoms with Crippen LogP contribution < -0.4 is 11.1 Å². The van der Waals surface area contributed by atoms with E-state index < -0.39 is 0 Å². The molecule has 0 aliphatic carbocycles. The van der Waals surface area contributed by atoms with Crippen LogP contribution in [0.3, 0.4) is 0 Å². The van der Waals surface area contributed by atoms with Crippen LogP contribution in [0.25, 0.3) is 22.3 Å². The van der Waals surface area contributed by atoms with Crippen molar-refractivity contribution in [1.82, 2.24) is 14.9 Å². The van der Waals surface area contributed by atoms with Crippen molar-refractivity contribution in [3.05, 3.63) is 69.7 Å². The number of hydrogen-bond acceptors (Lipinski definition) is 4. The zero-order valence-electron chi connectivity index (χ0n) is 18.5. The number of fused-ring (bicyclic) bond motifs is 1. The summed E-state index contributed by atoms with van der Waals surface area (Å²) in [5, 5.41) is 3.88. The number of nitrogens with zero attached hydrogens (tertiary/aromatic N) is 2. The highest BCUT2D eigenvalue weighted by Crippen LogP contribution is 2.40. The van der Waals surface area contributed by atoms with Crippen LogP contribution in [0.5, 0.6) is 0 Å². The number of nitrogens with two attached hydrogens (primary N) is 1. The van der Waals surface area contributed by atoms with Gasteiger partial charge in [-0.3, -0.25) is 4.79 Å². The van der Waals surface area contributed by atoms with E-state index in [0.29, 0.717) is 30.2 Å². The highest BCUT2D eigenvalue weighted by atomic mass is 79.9. The van der Waals surface area contributed by atoms with E-state index in [4.69, 9.17) is 15.1 Å². The van der Waals surface area contributed by atoms with Crippen molar-refractivity contribution in [3.63, 3.8) is 0 Å².